The molecule has 0 bridgehead atoms. The minimum absolute atomic E-state index is 0. The average molecular weight is 421 g/mol. The van der Waals surface area contributed by atoms with Gasteiger partial charge in [-0.15, -0.1) is 13.0 Å². The predicted octanol–water partition coefficient (Wildman–Crippen LogP) is 0.752. The first kappa shape index (κ1) is 26.2. The van der Waals surface area contributed by atoms with Crippen LogP contribution in [0.5, 0.6) is 0 Å². The van der Waals surface area contributed by atoms with Gasteiger partial charge in [-0.05, 0) is 50.9 Å². The number of hydrogen-bond acceptors (Lipinski definition) is 4. The predicted molar refractivity (Wildman–Crippen MR) is 117 cm³/mol. The van der Waals surface area contributed by atoms with Gasteiger partial charge in [0.15, 0.2) is 0 Å². The number of aromatic nitrogens is 2. The Bertz CT molecular complexity index is 832. The molecular weight excluding hydrogens is 395 g/mol. The number of nitrogens with one attached hydrogen (secondary N) is 1. The molecule has 0 unspecified atom stereocenters. The fourth-order valence-electron chi connectivity index (χ4n) is 3.01. The van der Waals surface area contributed by atoms with Crippen LogP contribution in [0.4, 0.5) is 5.69 Å². The molecule has 1 aliphatic rings. The van der Waals surface area contributed by atoms with E-state index in [-0.39, 0.29) is 24.8 Å². The minimum atomic E-state index is -0.260. The van der Waals surface area contributed by atoms with E-state index >= 15 is 0 Å². The molecule has 156 valence electrons. The van der Waals surface area contributed by atoms with Crippen molar-refractivity contribution in [3.63, 3.8) is 0 Å². The van der Waals surface area contributed by atoms with Crippen LogP contribution in [0.2, 0.25) is 5.02 Å². The van der Waals surface area contributed by atoms with E-state index in [4.69, 9.17) is 11.6 Å². The zero-order chi connectivity index (χ0) is 21.1. The molecule has 0 saturated carbocycles. The van der Waals surface area contributed by atoms with Gasteiger partial charge in [0.1, 0.15) is 5.69 Å². The summed E-state index contributed by atoms with van der Waals surface area (Å²) >= 11 is 6.00. The van der Waals surface area contributed by atoms with Crippen molar-refractivity contribution in [2.24, 2.45) is 0 Å². The molecule has 3 rings (SSSR count). The van der Waals surface area contributed by atoms with E-state index < -0.39 is 0 Å². The fourth-order valence-corrected chi connectivity index (χ4v) is 3.19. The molecule has 1 aliphatic heterocycles. The van der Waals surface area contributed by atoms with Crippen molar-refractivity contribution in [1.29, 1.82) is 0 Å². The number of nitrogens with zero attached hydrogens (tertiary/aromatic N) is 3. The molecule has 1 N–H and O–H groups in total. The summed E-state index contributed by atoms with van der Waals surface area (Å²) in [5.74, 6) is 0.475. The number of carbonyl (C=O) groups excluding carboxylic acids is 2. The van der Waals surface area contributed by atoms with Crippen LogP contribution in [0.15, 0.2) is 42.6 Å². The third-order valence-electron chi connectivity index (χ3n) is 4.49. The molecule has 0 radical (unpaired) electrons. The van der Waals surface area contributed by atoms with E-state index in [1.165, 1.54) is 38.2 Å². The maximum Gasteiger partial charge on any atom is 1.00 e. The Morgan fingerprint density at radius 2 is 1.97 bits per heavy atom. The first-order valence-electron chi connectivity index (χ1n) is 9.54. The molecule has 1 aromatic carbocycles. The molecule has 2 heterocycles. The molecule has 2 aromatic rings. The smallest absolute Gasteiger partial charge is 0.419 e. The van der Waals surface area contributed by atoms with Gasteiger partial charge in [0.2, 0.25) is 0 Å². The number of likely N-dealkylation sites (tertiary alicyclic amines) is 1. The third kappa shape index (κ3) is 7.77. The Labute approximate surface area is 195 Å². The minimum Gasteiger partial charge on any atom is -0.419 e. The van der Waals surface area contributed by atoms with Crippen molar-refractivity contribution in [3.05, 3.63) is 73.0 Å². The van der Waals surface area contributed by atoms with Crippen LogP contribution < -0.4 is 24.2 Å². The number of carbonyl (C=O) groups is 1. The zero-order valence-electron chi connectivity index (χ0n) is 17.4. The van der Waals surface area contributed by atoms with Crippen LogP contribution in [0.1, 0.15) is 29.2 Å². The van der Waals surface area contributed by atoms with E-state index in [0.717, 1.165) is 12.4 Å². The van der Waals surface area contributed by atoms with Gasteiger partial charge >= 0.3 is 18.9 Å². The van der Waals surface area contributed by atoms with E-state index in [0.29, 0.717) is 29.4 Å². The van der Waals surface area contributed by atoms with Crippen LogP contribution in [0.25, 0.3) is 0 Å². The molecule has 0 spiro atoms. The number of benzene rings is 1. The van der Waals surface area contributed by atoms with Gasteiger partial charge in [-0.25, -0.2) is 11.1 Å². The van der Waals surface area contributed by atoms with Gasteiger partial charge < -0.3 is 33.4 Å². The summed E-state index contributed by atoms with van der Waals surface area (Å²) in [4.78, 5) is 28.4. The molecule has 0 atom stereocenters. The zero-order valence-corrected chi connectivity index (χ0v) is 18.2. The van der Waals surface area contributed by atoms with E-state index in [9.17, 15) is 9.59 Å². The van der Waals surface area contributed by atoms with E-state index in [1.54, 1.807) is 29.1 Å². The first-order chi connectivity index (χ1) is 14.1. The Kier molecular flexibility index (Phi) is 12.4. The summed E-state index contributed by atoms with van der Waals surface area (Å²) in [7, 11) is 0. The van der Waals surface area contributed by atoms with Gasteiger partial charge in [-0.2, -0.15) is 6.08 Å². The third-order valence-corrected chi connectivity index (χ3v) is 4.82. The summed E-state index contributed by atoms with van der Waals surface area (Å²) in [6.45, 7) is 11.3. The van der Waals surface area contributed by atoms with Gasteiger partial charge in [-0.3, -0.25) is 4.79 Å². The summed E-state index contributed by atoms with van der Waals surface area (Å²) in [6.07, 6.45) is 9.68. The van der Waals surface area contributed by atoms with Gasteiger partial charge in [0, 0.05) is 0 Å². The molecular formula is C22H26ClLiN4O2-2. The monoisotopic (exact) mass is 420 g/mol. The summed E-state index contributed by atoms with van der Waals surface area (Å²) in [5, 5.41) is 3.25. The van der Waals surface area contributed by atoms with E-state index in [1.807, 2.05) is 12.1 Å². The number of rotatable bonds is 7. The molecule has 6 nitrogen and oxygen atoms in total. The molecule has 1 amide bonds. The van der Waals surface area contributed by atoms with Crippen molar-refractivity contribution in [2.45, 2.75) is 25.8 Å². The Morgan fingerprint density at radius 3 is 2.57 bits per heavy atom. The Hall–Kier alpha value is -1.84. The van der Waals surface area contributed by atoms with Crippen LogP contribution in [0.3, 0.4) is 0 Å². The summed E-state index contributed by atoms with van der Waals surface area (Å²) in [5.41, 5.74) is 1.02. The second kappa shape index (κ2) is 14.2. The first-order valence-corrected chi connectivity index (χ1v) is 9.92. The topological polar surface area (TPSA) is 67.2 Å². The number of imidazole rings is 1. The summed E-state index contributed by atoms with van der Waals surface area (Å²) in [6, 6.07) is 7.07. The Morgan fingerprint density at radius 1 is 1.27 bits per heavy atom. The quantitative estimate of drug-likeness (QED) is 0.408. The maximum atomic E-state index is 12.2. The van der Waals surface area contributed by atoms with Crippen LogP contribution in [0, 0.1) is 13.8 Å². The molecule has 1 fully saturated rings. The van der Waals surface area contributed by atoms with Crippen LogP contribution >= 0.6 is 11.6 Å². The normalized spacial score (nSPS) is 13.4. The SMILES string of the molecule is O=[C-]/C=C/CN1CCCC1.[CH2-]Cc1ncc(C(=O)Nc2ccccc2Cl)n1C[CH2-].[Li+]. The largest absolute Gasteiger partial charge is 1.00 e. The number of allylic oxidation sites excluding steroid dienone is 1. The number of halogens is 1. The van der Waals surface area contributed by atoms with Crippen molar-refractivity contribution in [1.82, 2.24) is 14.5 Å². The molecule has 30 heavy (non-hydrogen) atoms. The molecule has 1 aromatic heterocycles. The average Bonchev–Trinajstić information content (AvgIpc) is 3.39. The van der Waals surface area contributed by atoms with Crippen molar-refractivity contribution < 1.29 is 28.4 Å². The standard InChI is InChI=1S/C14H14ClN3O.C8H12NO.Li/c1-3-13-16-9-12(18(13)4-2)14(19)17-11-8-6-5-7-10(11)15;10-8-4-3-7-9-5-1-2-6-9;/h5-9H,1-4H2,(H,17,19);3-4H,1-2,5-7H2;/q-2;-1;+1/b;4-3+;. The summed E-state index contributed by atoms with van der Waals surface area (Å²) < 4.78 is 1.74. The van der Waals surface area contributed by atoms with Crippen LogP contribution in [-0.2, 0) is 17.8 Å². The second-order valence-electron chi connectivity index (χ2n) is 6.42. The second-order valence-corrected chi connectivity index (χ2v) is 6.83. The van der Waals surface area contributed by atoms with Gasteiger partial charge in [-0.1, -0.05) is 23.7 Å². The van der Waals surface area contributed by atoms with Crippen LogP contribution in [-0.4, -0.2) is 46.3 Å². The van der Waals surface area contributed by atoms with Crippen molar-refractivity contribution in [3.8, 4) is 0 Å². The number of para-hydroxylation sites is 1. The number of amides is 1. The van der Waals surface area contributed by atoms with Gasteiger partial charge in [0.25, 0.3) is 5.91 Å². The van der Waals surface area contributed by atoms with Crippen molar-refractivity contribution in [2.75, 3.05) is 25.0 Å². The van der Waals surface area contributed by atoms with E-state index in [2.05, 4.69) is 29.0 Å². The van der Waals surface area contributed by atoms with Gasteiger partial charge in [0.05, 0.1) is 22.7 Å². The number of anilines is 1. The van der Waals surface area contributed by atoms with Crippen molar-refractivity contribution >= 4 is 29.5 Å². The molecule has 1 saturated heterocycles. The fraction of sp³-hybridized carbons (Fsp3) is 0.318. The number of hydrogen-bond donors (Lipinski definition) is 1. The Balaban J connectivity index is 0.000000348. The maximum absolute atomic E-state index is 12.2. The molecule has 8 heteroatoms. The molecule has 0 aliphatic carbocycles.